The molecule has 2 aromatic heterocycles. The standard InChI is InChI=1S/C25H24N4O4S2/c30-34(31,28-18-22-5-1-3-15-26-22)24-11-7-20(8-12-24)17-21-9-13-25(14-10-21)35(32,33)29-19-23-6-2-4-16-27-23/h1-16,28-29H,17-19H2. The normalized spacial score (nSPS) is 11.9. The summed E-state index contributed by atoms with van der Waals surface area (Å²) in [7, 11) is -7.33. The number of pyridine rings is 2. The monoisotopic (exact) mass is 508 g/mol. The van der Waals surface area contributed by atoms with Crippen molar-refractivity contribution in [2.24, 2.45) is 0 Å². The highest BCUT2D eigenvalue weighted by molar-refractivity contribution is 7.89. The van der Waals surface area contributed by atoms with Gasteiger partial charge in [-0.05, 0) is 66.1 Å². The predicted octanol–water partition coefficient (Wildman–Crippen LogP) is 3.02. The van der Waals surface area contributed by atoms with Crippen molar-refractivity contribution in [3.8, 4) is 0 Å². The Morgan fingerprint density at radius 1 is 0.543 bits per heavy atom. The van der Waals surface area contributed by atoms with Gasteiger partial charge in [0.15, 0.2) is 0 Å². The van der Waals surface area contributed by atoms with Crippen LogP contribution in [0.4, 0.5) is 0 Å². The van der Waals surface area contributed by atoms with E-state index in [0.29, 0.717) is 17.8 Å². The first-order chi connectivity index (χ1) is 16.8. The van der Waals surface area contributed by atoms with Crippen LogP contribution in [0.1, 0.15) is 22.5 Å². The van der Waals surface area contributed by atoms with Gasteiger partial charge in [0, 0.05) is 12.4 Å². The highest BCUT2D eigenvalue weighted by atomic mass is 32.2. The van der Waals surface area contributed by atoms with E-state index in [2.05, 4.69) is 19.4 Å². The molecule has 4 aromatic rings. The molecule has 0 spiro atoms. The first-order valence-electron chi connectivity index (χ1n) is 10.8. The second-order valence-corrected chi connectivity index (χ2v) is 11.3. The zero-order valence-corrected chi connectivity index (χ0v) is 20.3. The van der Waals surface area contributed by atoms with Gasteiger partial charge in [0.2, 0.25) is 20.0 Å². The van der Waals surface area contributed by atoms with Crippen LogP contribution in [0.5, 0.6) is 0 Å². The fourth-order valence-corrected chi connectivity index (χ4v) is 5.32. The molecule has 35 heavy (non-hydrogen) atoms. The van der Waals surface area contributed by atoms with Crippen molar-refractivity contribution in [2.45, 2.75) is 29.3 Å². The number of rotatable bonds is 10. The van der Waals surface area contributed by atoms with Crippen LogP contribution in [0.2, 0.25) is 0 Å². The van der Waals surface area contributed by atoms with Gasteiger partial charge in [-0.3, -0.25) is 9.97 Å². The molecule has 0 aliphatic carbocycles. The summed E-state index contributed by atoms with van der Waals surface area (Å²) < 4.78 is 55.3. The van der Waals surface area contributed by atoms with E-state index >= 15 is 0 Å². The number of hydrogen-bond acceptors (Lipinski definition) is 6. The number of nitrogens with one attached hydrogen (secondary N) is 2. The first kappa shape index (κ1) is 24.7. The van der Waals surface area contributed by atoms with Crippen molar-refractivity contribution >= 4 is 20.0 Å². The van der Waals surface area contributed by atoms with Crippen molar-refractivity contribution in [1.29, 1.82) is 0 Å². The molecule has 0 atom stereocenters. The lowest BCUT2D eigenvalue weighted by Gasteiger charge is -2.09. The highest BCUT2D eigenvalue weighted by Gasteiger charge is 2.15. The molecule has 0 amide bonds. The summed E-state index contributed by atoms with van der Waals surface area (Å²) in [4.78, 5) is 8.55. The van der Waals surface area contributed by atoms with E-state index in [0.717, 1.165) is 11.1 Å². The van der Waals surface area contributed by atoms with E-state index in [-0.39, 0.29) is 22.9 Å². The van der Waals surface area contributed by atoms with Gasteiger partial charge in [0.25, 0.3) is 0 Å². The highest BCUT2D eigenvalue weighted by Crippen LogP contribution is 2.17. The summed E-state index contributed by atoms with van der Waals surface area (Å²) in [6.45, 7) is 0.216. The van der Waals surface area contributed by atoms with Crippen LogP contribution in [-0.2, 0) is 39.6 Å². The van der Waals surface area contributed by atoms with Gasteiger partial charge >= 0.3 is 0 Å². The lowest BCUT2D eigenvalue weighted by Crippen LogP contribution is -2.23. The second kappa shape index (κ2) is 10.9. The topological polar surface area (TPSA) is 118 Å². The van der Waals surface area contributed by atoms with E-state index in [1.807, 2.05) is 0 Å². The summed E-state index contributed by atoms with van der Waals surface area (Å²) in [5.41, 5.74) is 3.06. The number of hydrogen-bond donors (Lipinski definition) is 2. The molecule has 0 saturated carbocycles. The molecule has 0 aliphatic heterocycles. The number of benzene rings is 2. The van der Waals surface area contributed by atoms with Crippen LogP contribution in [0.25, 0.3) is 0 Å². The molecule has 0 bridgehead atoms. The van der Waals surface area contributed by atoms with Gasteiger partial charge in [-0.25, -0.2) is 26.3 Å². The van der Waals surface area contributed by atoms with Crippen LogP contribution >= 0.6 is 0 Å². The Kier molecular flexibility index (Phi) is 7.67. The number of nitrogens with zero attached hydrogens (tertiary/aromatic N) is 2. The van der Waals surface area contributed by atoms with Crippen LogP contribution < -0.4 is 9.44 Å². The van der Waals surface area contributed by atoms with Crippen molar-refractivity contribution in [3.05, 3.63) is 120 Å². The van der Waals surface area contributed by atoms with Crippen molar-refractivity contribution < 1.29 is 16.8 Å². The van der Waals surface area contributed by atoms with Crippen molar-refractivity contribution in [2.75, 3.05) is 0 Å². The smallest absolute Gasteiger partial charge is 0.240 e. The van der Waals surface area contributed by atoms with E-state index < -0.39 is 20.0 Å². The summed E-state index contributed by atoms with van der Waals surface area (Å²) in [5.74, 6) is 0. The third-order valence-corrected chi connectivity index (χ3v) is 8.05. The molecule has 0 aliphatic rings. The van der Waals surface area contributed by atoms with E-state index in [9.17, 15) is 16.8 Å². The quantitative estimate of drug-likeness (QED) is 0.340. The maximum atomic E-state index is 12.5. The Labute approximate surface area is 205 Å². The zero-order chi connectivity index (χ0) is 24.7. The molecule has 0 radical (unpaired) electrons. The van der Waals surface area contributed by atoms with Crippen molar-refractivity contribution in [1.82, 2.24) is 19.4 Å². The molecule has 10 heteroatoms. The summed E-state index contributed by atoms with van der Waals surface area (Å²) in [6, 6.07) is 23.8. The second-order valence-electron chi connectivity index (χ2n) is 7.76. The molecule has 2 aromatic carbocycles. The summed E-state index contributed by atoms with van der Waals surface area (Å²) in [5, 5.41) is 0. The minimum atomic E-state index is -3.66. The molecule has 2 N–H and O–H groups in total. The fraction of sp³-hybridized carbons (Fsp3) is 0.120. The Hall–Kier alpha value is -3.44. The van der Waals surface area contributed by atoms with E-state index in [4.69, 9.17) is 0 Å². The maximum Gasteiger partial charge on any atom is 0.240 e. The minimum absolute atomic E-state index is 0.108. The van der Waals surface area contributed by atoms with Crippen LogP contribution in [-0.4, -0.2) is 26.8 Å². The third-order valence-electron chi connectivity index (χ3n) is 5.21. The van der Waals surface area contributed by atoms with E-state index in [1.54, 1.807) is 97.3 Å². The first-order valence-corrected chi connectivity index (χ1v) is 13.8. The van der Waals surface area contributed by atoms with Gasteiger partial charge in [-0.15, -0.1) is 0 Å². The fourth-order valence-electron chi connectivity index (χ4n) is 3.32. The minimum Gasteiger partial charge on any atom is -0.260 e. The molecule has 0 saturated heterocycles. The van der Waals surface area contributed by atoms with E-state index in [1.165, 1.54) is 0 Å². The average Bonchev–Trinajstić information content (AvgIpc) is 2.88. The molecular formula is C25H24N4O4S2. The summed E-state index contributed by atoms with van der Waals surface area (Å²) in [6.07, 6.45) is 3.75. The molecule has 180 valence electrons. The molecule has 2 heterocycles. The maximum absolute atomic E-state index is 12.5. The Morgan fingerprint density at radius 2 is 0.943 bits per heavy atom. The Morgan fingerprint density at radius 3 is 1.29 bits per heavy atom. The molecule has 8 nitrogen and oxygen atoms in total. The molecular weight excluding hydrogens is 484 g/mol. The number of aromatic nitrogens is 2. The largest absolute Gasteiger partial charge is 0.260 e. The zero-order valence-electron chi connectivity index (χ0n) is 18.7. The van der Waals surface area contributed by atoms with Crippen molar-refractivity contribution in [3.63, 3.8) is 0 Å². The molecule has 0 fully saturated rings. The predicted molar refractivity (Wildman–Crippen MR) is 132 cm³/mol. The van der Waals surface area contributed by atoms with Gasteiger partial charge in [0.05, 0.1) is 34.3 Å². The Balaban J connectivity index is 1.36. The van der Waals surface area contributed by atoms with Gasteiger partial charge in [0.1, 0.15) is 0 Å². The van der Waals surface area contributed by atoms with Gasteiger partial charge in [-0.2, -0.15) is 0 Å². The Bertz CT molecular complexity index is 1350. The SMILES string of the molecule is O=S(=O)(NCc1ccccn1)c1ccc(Cc2ccc(S(=O)(=O)NCc3ccccn3)cc2)cc1. The molecule has 0 unspecified atom stereocenters. The average molecular weight is 509 g/mol. The third kappa shape index (κ3) is 6.80. The van der Waals surface area contributed by atoms with Crippen LogP contribution in [0, 0.1) is 0 Å². The number of sulfonamides is 2. The lowest BCUT2D eigenvalue weighted by atomic mass is 10.1. The lowest BCUT2D eigenvalue weighted by molar-refractivity contribution is 0.579. The van der Waals surface area contributed by atoms with Gasteiger partial charge < -0.3 is 0 Å². The summed E-state index contributed by atoms with van der Waals surface area (Å²) >= 11 is 0. The van der Waals surface area contributed by atoms with Gasteiger partial charge in [-0.1, -0.05) is 36.4 Å². The van der Waals surface area contributed by atoms with Crippen LogP contribution in [0.3, 0.4) is 0 Å². The molecule has 4 rings (SSSR count). The van der Waals surface area contributed by atoms with Crippen LogP contribution in [0.15, 0.2) is 107 Å².